The number of nitrogens with one attached hydrogen (secondary N) is 2. The van der Waals surface area contributed by atoms with Gasteiger partial charge in [0, 0.05) is 12.6 Å². The fourth-order valence-corrected chi connectivity index (χ4v) is 4.87. The van der Waals surface area contributed by atoms with E-state index in [-0.39, 0.29) is 11.9 Å². The number of esters is 2. The Bertz CT molecular complexity index is 1050. The van der Waals surface area contributed by atoms with Crippen LogP contribution in [0, 0.1) is 0 Å². The molecular weight excluding hydrogens is 516 g/mol. The Balaban J connectivity index is 0.000000287. The maximum Gasteiger partial charge on any atom is 0.338 e. The number of nitrogens with two attached hydrogens (primary N) is 2. The van der Waals surface area contributed by atoms with Gasteiger partial charge in [-0.15, -0.1) is 0 Å². The molecule has 0 saturated heterocycles. The molecule has 41 heavy (non-hydrogen) atoms. The molecule has 1 saturated carbocycles. The van der Waals surface area contributed by atoms with Crippen LogP contribution in [-0.4, -0.2) is 37.7 Å². The van der Waals surface area contributed by atoms with E-state index in [1.54, 1.807) is 38.1 Å². The Labute approximate surface area is 246 Å². The van der Waals surface area contributed by atoms with Crippen molar-refractivity contribution in [3.05, 3.63) is 47.5 Å². The molecule has 1 fully saturated rings. The van der Waals surface area contributed by atoms with Gasteiger partial charge in [0.15, 0.2) is 0 Å². The molecule has 2 aromatic rings. The highest BCUT2D eigenvalue weighted by Gasteiger charge is 2.14. The van der Waals surface area contributed by atoms with Crippen LogP contribution in [0.15, 0.2) is 36.4 Å². The van der Waals surface area contributed by atoms with Crippen LogP contribution in [-0.2, 0) is 9.47 Å². The van der Waals surface area contributed by atoms with Crippen molar-refractivity contribution in [3.63, 3.8) is 0 Å². The molecule has 3 rings (SSSR count). The maximum absolute atomic E-state index is 11.6. The summed E-state index contributed by atoms with van der Waals surface area (Å²) in [5.74, 6) is -0.646. The van der Waals surface area contributed by atoms with Crippen LogP contribution in [0.5, 0.6) is 0 Å². The van der Waals surface area contributed by atoms with Gasteiger partial charge in [-0.05, 0) is 69.5 Å². The molecule has 0 radical (unpaired) electrons. The zero-order valence-electron chi connectivity index (χ0n) is 25.4. The summed E-state index contributed by atoms with van der Waals surface area (Å²) in [6.07, 6.45) is 15.2. The van der Waals surface area contributed by atoms with E-state index in [1.807, 2.05) is 12.1 Å². The van der Waals surface area contributed by atoms with E-state index in [0.717, 1.165) is 24.3 Å². The molecule has 0 bridgehead atoms. The van der Waals surface area contributed by atoms with Crippen LogP contribution in [0.25, 0.3) is 0 Å². The molecule has 8 heteroatoms. The lowest BCUT2D eigenvalue weighted by molar-refractivity contribution is 0.0517. The Morgan fingerprint density at radius 2 is 1.24 bits per heavy atom. The van der Waals surface area contributed by atoms with E-state index in [0.29, 0.717) is 41.8 Å². The van der Waals surface area contributed by atoms with E-state index < -0.39 is 0 Å². The molecule has 228 valence electrons. The van der Waals surface area contributed by atoms with Gasteiger partial charge < -0.3 is 31.6 Å². The van der Waals surface area contributed by atoms with Crippen molar-refractivity contribution in [2.24, 2.45) is 0 Å². The van der Waals surface area contributed by atoms with Crippen LogP contribution >= 0.6 is 0 Å². The van der Waals surface area contributed by atoms with Crippen LogP contribution in [0.1, 0.15) is 119 Å². The molecule has 0 atom stereocenters. The topological polar surface area (TPSA) is 129 Å². The van der Waals surface area contributed by atoms with Gasteiger partial charge in [-0.2, -0.15) is 0 Å². The number of ether oxygens (including phenoxy) is 2. The average molecular weight is 569 g/mol. The fourth-order valence-electron chi connectivity index (χ4n) is 4.87. The second-order valence-electron chi connectivity index (χ2n) is 10.6. The average Bonchev–Trinajstić information content (AvgIpc) is 3.23. The Morgan fingerprint density at radius 1 is 0.732 bits per heavy atom. The number of carbonyl (C=O) groups excluding carboxylic acids is 2. The van der Waals surface area contributed by atoms with Gasteiger partial charge in [-0.3, -0.25) is 0 Å². The number of anilines is 4. The van der Waals surface area contributed by atoms with E-state index in [4.69, 9.17) is 20.9 Å². The number of carbonyl (C=O) groups is 2. The number of nitrogen functional groups attached to an aromatic ring is 2. The summed E-state index contributed by atoms with van der Waals surface area (Å²) >= 11 is 0. The second-order valence-corrected chi connectivity index (χ2v) is 10.6. The molecule has 0 aliphatic heterocycles. The third-order valence-corrected chi connectivity index (χ3v) is 7.19. The monoisotopic (exact) mass is 568 g/mol. The predicted molar refractivity (Wildman–Crippen MR) is 171 cm³/mol. The standard InChI is InChI=1S/C17H28N2O2.C16H24N2O2/c1-3-5-6-7-8-9-12-19-16-11-10-14(13-15(16)18)17(20)21-4-2;1-2-20-16(19)12-9-10-15(14(17)11-12)18-13-7-5-3-4-6-8-13/h10-11,13,19H,3-9,12,18H2,1-2H3;9-11,13,18H,2-8,17H2,1H3. The smallest absolute Gasteiger partial charge is 0.338 e. The first-order chi connectivity index (χ1) is 19.9. The van der Waals surface area contributed by atoms with Crippen molar-refractivity contribution in [1.82, 2.24) is 0 Å². The number of rotatable bonds is 14. The summed E-state index contributed by atoms with van der Waals surface area (Å²) in [5, 5.41) is 6.84. The Morgan fingerprint density at radius 3 is 1.76 bits per heavy atom. The lowest BCUT2D eigenvalue weighted by Gasteiger charge is -2.19. The molecule has 2 aromatic carbocycles. The van der Waals surface area contributed by atoms with Gasteiger partial charge in [0.1, 0.15) is 0 Å². The van der Waals surface area contributed by atoms with Gasteiger partial charge in [0.25, 0.3) is 0 Å². The van der Waals surface area contributed by atoms with Gasteiger partial charge in [-0.25, -0.2) is 9.59 Å². The van der Waals surface area contributed by atoms with Crippen molar-refractivity contribution in [2.45, 2.75) is 104 Å². The minimum atomic E-state index is -0.327. The molecule has 0 amide bonds. The summed E-state index contributed by atoms with van der Waals surface area (Å²) in [7, 11) is 0. The molecule has 1 aliphatic rings. The van der Waals surface area contributed by atoms with Crippen molar-refractivity contribution >= 4 is 34.7 Å². The van der Waals surface area contributed by atoms with Crippen LogP contribution in [0.4, 0.5) is 22.7 Å². The van der Waals surface area contributed by atoms with E-state index >= 15 is 0 Å². The van der Waals surface area contributed by atoms with Crippen molar-refractivity contribution in [3.8, 4) is 0 Å². The number of hydrogen-bond donors (Lipinski definition) is 4. The van der Waals surface area contributed by atoms with Crippen LogP contribution < -0.4 is 22.1 Å². The minimum Gasteiger partial charge on any atom is -0.462 e. The Hall–Kier alpha value is -3.42. The van der Waals surface area contributed by atoms with Crippen molar-refractivity contribution in [1.29, 1.82) is 0 Å². The van der Waals surface area contributed by atoms with Gasteiger partial charge in [0.2, 0.25) is 0 Å². The first-order valence-corrected chi connectivity index (χ1v) is 15.5. The third kappa shape index (κ3) is 12.7. The maximum atomic E-state index is 11.6. The van der Waals surface area contributed by atoms with E-state index in [9.17, 15) is 9.59 Å². The zero-order valence-corrected chi connectivity index (χ0v) is 25.4. The lowest BCUT2D eigenvalue weighted by atomic mass is 10.1. The van der Waals surface area contributed by atoms with Crippen molar-refractivity contribution < 1.29 is 19.1 Å². The summed E-state index contributed by atoms with van der Waals surface area (Å²) in [6.45, 7) is 7.47. The predicted octanol–water partition coefficient (Wildman–Crippen LogP) is 7.80. The fraction of sp³-hybridized carbons (Fsp3) is 0.576. The minimum absolute atomic E-state index is 0.319. The first kappa shape index (κ1) is 33.8. The molecule has 0 aromatic heterocycles. The van der Waals surface area contributed by atoms with E-state index in [2.05, 4.69) is 17.6 Å². The number of benzene rings is 2. The normalized spacial score (nSPS) is 13.3. The highest BCUT2D eigenvalue weighted by molar-refractivity contribution is 5.92. The Kier molecular flexibility index (Phi) is 16.2. The van der Waals surface area contributed by atoms with Crippen LogP contribution in [0.3, 0.4) is 0 Å². The highest BCUT2D eigenvalue weighted by Crippen LogP contribution is 2.26. The molecule has 1 aliphatic carbocycles. The quantitative estimate of drug-likeness (QED) is 0.0786. The molecule has 8 nitrogen and oxygen atoms in total. The molecular formula is C33H52N4O4. The van der Waals surface area contributed by atoms with Gasteiger partial charge in [-0.1, -0.05) is 64.7 Å². The second kappa shape index (κ2) is 19.6. The number of hydrogen-bond acceptors (Lipinski definition) is 8. The molecule has 0 heterocycles. The molecule has 0 unspecified atom stereocenters. The zero-order chi connectivity index (χ0) is 29.9. The highest BCUT2D eigenvalue weighted by atomic mass is 16.5. The van der Waals surface area contributed by atoms with Gasteiger partial charge >= 0.3 is 11.9 Å². The van der Waals surface area contributed by atoms with Crippen molar-refractivity contribution in [2.75, 3.05) is 41.9 Å². The summed E-state index contributed by atoms with van der Waals surface area (Å²) in [4.78, 5) is 23.2. The van der Waals surface area contributed by atoms with Crippen LogP contribution in [0.2, 0.25) is 0 Å². The van der Waals surface area contributed by atoms with E-state index in [1.165, 1.54) is 70.6 Å². The van der Waals surface area contributed by atoms with Gasteiger partial charge in [0.05, 0.1) is 47.1 Å². The largest absolute Gasteiger partial charge is 0.462 e. The summed E-state index contributed by atoms with van der Waals surface area (Å²) < 4.78 is 9.93. The summed E-state index contributed by atoms with van der Waals surface area (Å²) in [5.41, 5.74) is 16.0. The molecule has 6 N–H and O–H groups in total. The lowest BCUT2D eigenvalue weighted by Crippen LogP contribution is -2.19. The first-order valence-electron chi connectivity index (χ1n) is 15.5. The molecule has 0 spiro atoms. The third-order valence-electron chi connectivity index (χ3n) is 7.19. The SMILES string of the molecule is CCCCCCCCNc1ccc(C(=O)OCC)cc1N.CCOC(=O)c1ccc(NC2CCCCCC2)c(N)c1. The summed E-state index contributed by atoms with van der Waals surface area (Å²) in [6, 6.07) is 11.1. The number of unbranched alkanes of at least 4 members (excludes halogenated alkanes) is 5.